The molecule has 0 aliphatic carbocycles. The number of hydrogen-bond acceptors (Lipinski definition) is 6. The molecule has 0 saturated carbocycles. The number of anilines is 2. The van der Waals surface area contributed by atoms with Crippen molar-refractivity contribution in [2.45, 2.75) is 12.5 Å². The van der Waals surface area contributed by atoms with Gasteiger partial charge in [0.05, 0.1) is 17.3 Å². The van der Waals surface area contributed by atoms with Crippen molar-refractivity contribution in [2.24, 2.45) is 0 Å². The van der Waals surface area contributed by atoms with Crippen LogP contribution in [0.3, 0.4) is 0 Å². The average molecular weight is 382 g/mol. The predicted octanol–water partition coefficient (Wildman–Crippen LogP) is 1.27. The van der Waals surface area contributed by atoms with E-state index in [0.717, 1.165) is 16.6 Å². The van der Waals surface area contributed by atoms with Gasteiger partial charge in [0.25, 0.3) is 11.8 Å². The standard InChI is InChI=1S/C19H22N6O3/c1-25(2)19(28)16(26)7-8-20-18(27)12-3-6-17(21-10-12)23-14-4-5-15-13(9-14)11-22-24-15/h3-6,9-11,16,26H,7-8H2,1-2H3,(H,20,27)(H,21,23)(H,22,24)/t16-/m0/s1. The van der Waals surface area contributed by atoms with E-state index in [2.05, 4.69) is 25.8 Å². The van der Waals surface area contributed by atoms with Crippen molar-refractivity contribution in [3.8, 4) is 0 Å². The maximum absolute atomic E-state index is 12.2. The van der Waals surface area contributed by atoms with E-state index in [1.54, 1.807) is 32.4 Å². The van der Waals surface area contributed by atoms with Gasteiger partial charge in [0.2, 0.25) is 0 Å². The summed E-state index contributed by atoms with van der Waals surface area (Å²) in [5, 5.41) is 23.4. The molecule has 9 heteroatoms. The number of nitrogens with one attached hydrogen (secondary N) is 3. The summed E-state index contributed by atoms with van der Waals surface area (Å²) < 4.78 is 0. The molecule has 0 fully saturated rings. The number of carbonyl (C=O) groups excluding carboxylic acids is 2. The van der Waals surface area contributed by atoms with E-state index in [-0.39, 0.29) is 24.8 Å². The summed E-state index contributed by atoms with van der Waals surface area (Å²) in [7, 11) is 3.14. The van der Waals surface area contributed by atoms with Gasteiger partial charge in [-0.1, -0.05) is 0 Å². The topological polar surface area (TPSA) is 123 Å². The van der Waals surface area contributed by atoms with E-state index in [4.69, 9.17) is 0 Å². The van der Waals surface area contributed by atoms with Crippen LogP contribution in [0.2, 0.25) is 0 Å². The number of aromatic nitrogens is 3. The molecule has 0 aliphatic heterocycles. The number of aliphatic hydroxyl groups excluding tert-OH is 1. The van der Waals surface area contributed by atoms with E-state index in [0.29, 0.717) is 11.4 Å². The molecule has 2 amide bonds. The highest BCUT2D eigenvalue weighted by molar-refractivity contribution is 5.94. The van der Waals surface area contributed by atoms with Gasteiger partial charge in [-0.15, -0.1) is 0 Å². The minimum absolute atomic E-state index is 0.145. The molecule has 146 valence electrons. The van der Waals surface area contributed by atoms with Gasteiger partial charge in [-0.2, -0.15) is 5.10 Å². The van der Waals surface area contributed by atoms with Crippen molar-refractivity contribution in [3.05, 3.63) is 48.3 Å². The molecule has 1 aromatic carbocycles. The molecular formula is C19H22N6O3. The van der Waals surface area contributed by atoms with Gasteiger partial charge in [-0.05, 0) is 36.8 Å². The van der Waals surface area contributed by atoms with Crippen LogP contribution in [-0.2, 0) is 4.79 Å². The summed E-state index contributed by atoms with van der Waals surface area (Å²) in [4.78, 5) is 29.3. The van der Waals surface area contributed by atoms with Crippen molar-refractivity contribution in [1.82, 2.24) is 25.4 Å². The van der Waals surface area contributed by atoms with E-state index in [1.165, 1.54) is 11.1 Å². The lowest BCUT2D eigenvalue weighted by atomic mass is 10.2. The number of likely N-dealkylation sites (N-methyl/N-ethyl adjacent to an activating group) is 1. The van der Waals surface area contributed by atoms with E-state index in [1.807, 2.05) is 18.2 Å². The van der Waals surface area contributed by atoms with Crippen LogP contribution in [0.5, 0.6) is 0 Å². The molecule has 0 aliphatic rings. The summed E-state index contributed by atoms with van der Waals surface area (Å²) in [5.41, 5.74) is 2.20. The van der Waals surface area contributed by atoms with Crippen LogP contribution in [0.15, 0.2) is 42.7 Å². The van der Waals surface area contributed by atoms with Gasteiger partial charge in [-0.3, -0.25) is 14.7 Å². The van der Waals surface area contributed by atoms with E-state index >= 15 is 0 Å². The second-order valence-electron chi connectivity index (χ2n) is 6.52. The molecule has 3 aromatic rings. The molecule has 2 heterocycles. The van der Waals surface area contributed by atoms with Crippen LogP contribution in [-0.4, -0.2) is 63.7 Å². The predicted molar refractivity (Wildman–Crippen MR) is 105 cm³/mol. The van der Waals surface area contributed by atoms with Gasteiger partial charge in [0.15, 0.2) is 0 Å². The molecular weight excluding hydrogens is 360 g/mol. The van der Waals surface area contributed by atoms with Crippen LogP contribution in [0.4, 0.5) is 11.5 Å². The van der Waals surface area contributed by atoms with Crippen LogP contribution >= 0.6 is 0 Å². The number of aromatic amines is 1. The highest BCUT2D eigenvalue weighted by Gasteiger charge is 2.17. The Hall–Kier alpha value is -3.46. The minimum Gasteiger partial charge on any atom is -0.383 e. The Balaban J connectivity index is 1.53. The third-order valence-electron chi connectivity index (χ3n) is 4.17. The van der Waals surface area contributed by atoms with Gasteiger partial charge in [0.1, 0.15) is 11.9 Å². The maximum Gasteiger partial charge on any atom is 0.252 e. The smallest absolute Gasteiger partial charge is 0.252 e. The number of carbonyl (C=O) groups is 2. The minimum atomic E-state index is -1.13. The first-order valence-electron chi connectivity index (χ1n) is 8.77. The van der Waals surface area contributed by atoms with Crippen LogP contribution in [0, 0.1) is 0 Å². The molecule has 3 rings (SSSR count). The fourth-order valence-corrected chi connectivity index (χ4v) is 2.62. The number of pyridine rings is 1. The van der Waals surface area contributed by atoms with Crippen molar-refractivity contribution < 1.29 is 14.7 Å². The fourth-order valence-electron chi connectivity index (χ4n) is 2.62. The molecule has 0 bridgehead atoms. The number of hydrogen-bond donors (Lipinski definition) is 4. The first-order valence-corrected chi connectivity index (χ1v) is 8.77. The second kappa shape index (κ2) is 8.49. The normalized spacial score (nSPS) is 11.8. The third kappa shape index (κ3) is 4.63. The summed E-state index contributed by atoms with van der Waals surface area (Å²) in [6.45, 7) is 0.185. The van der Waals surface area contributed by atoms with Crippen molar-refractivity contribution in [3.63, 3.8) is 0 Å². The Labute approximate surface area is 161 Å². The lowest BCUT2D eigenvalue weighted by molar-refractivity contribution is -0.137. The van der Waals surface area contributed by atoms with E-state index in [9.17, 15) is 14.7 Å². The molecule has 1 atom stereocenters. The van der Waals surface area contributed by atoms with Gasteiger partial charge in [-0.25, -0.2) is 4.98 Å². The fraction of sp³-hybridized carbons (Fsp3) is 0.263. The Kier molecular flexibility index (Phi) is 5.85. The number of aliphatic hydroxyl groups is 1. The Morgan fingerprint density at radius 2 is 2.04 bits per heavy atom. The van der Waals surface area contributed by atoms with Crippen LogP contribution in [0.25, 0.3) is 10.9 Å². The van der Waals surface area contributed by atoms with Crippen molar-refractivity contribution in [2.75, 3.05) is 26.0 Å². The number of H-pyrrole nitrogens is 1. The Morgan fingerprint density at radius 3 is 2.75 bits per heavy atom. The summed E-state index contributed by atoms with van der Waals surface area (Å²) in [5.74, 6) is -0.102. The highest BCUT2D eigenvalue weighted by atomic mass is 16.3. The molecule has 28 heavy (non-hydrogen) atoms. The summed E-state index contributed by atoms with van der Waals surface area (Å²) in [6, 6.07) is 9.13. The lowest BCUT2D eigenvalue weighted by Gasteiger charge is -2.15. The number of rotatable bonds is 7. The Morgan fingerprint density at radius 1 is 1.21 bits per heavy atom. The number of amides is 2. The zero-order chi connectivity index (χ0) is 20.1. The quantitative estimate of drug-likeness (QED) is 0.488. The SMILES string of the molecule is CN(C)C(=O)[C@@H](O)CCNC(=O)c1ccc(Nc2ccc3[nH]ncc3c2)nc1. The first kappa shape index (κ1) is 19.3. The van der Waals surface area contributed by atoms with Gasteiger partial charge >= 0.3 is 0 Å². The molecule has 0 radical (unpaired) electrons. The molecule has 9 nitrogen and oxygen atoms in total. The number of benzene rings is 1. The Bertz CT molecular complexity index is 967. The molecule has 0 unspecified atom stereocenters. The monoisotopic (exact) mass is 382 g/mol. The second-order valence-corrected chi connectivity index (χ2v) is 6.52. The third-order valence-corrected chi connectivity index (χ3v) is 4.17. The van der Waals surface area contributed by atoms with Crippen molar-refractivity contribution in [1.29, 1.82) is 0 Å². The van der Waals surface area contributed by atoms with Crippen molar-refractivity contribution >= 4 is 34.2 Å². The zero-order valence-corrected chi connectivity index (χ0v) is 15.6. The number of fused-ring (bicyclic) bond motifs is 1. The number of nitrogens with zero attached hydrogens (tertiary/aromatic N) is 3. The first-order chi connectivity index (χ1) is 13.4. The summed E-state index contributed by atoms with van der Waals surface area (Å²) >= 11 is 0. The average Bonchev–Trinajstić information content (AvgIpc) is 3.15. The largest absolute Gasteiger partial charge is 0.383 e. The molecule has 0 saturated heterocycles. The zero-order valence-electron chi connectivity index (χ0n) is 15.6. The lowest BCUT2D eigenvalue weighted by Crippen LogP contribution is -2.36. The molecule has 0 spiro atoms. The van der Waals surface area contributed by atoms with Crippen LogP contribution < -0.4 is 10.6 Å². The maximum atomic E-state index is 12.2. The molecule has 4 N–H and O–H groups in total. The van der Waals surface area contributed by atoms with Gasteiger partial charge in [0, 0.05) is 37.9 Å². The van der Waals surface area contributed by atoms with E-state index < -0.39 is 6.10 Å². The van der Waals surface area contributed by atoms with Gasteiger partial charge < -0.3 is 20.6 Å². The van der Waals surface area contributed by atoms with Crippen LogP contribution in [0.1, 0.15) is 16.8 Å². The highest BCUT2D eigenvalue weighted by Crippen LogP contribution is 2.20. The molecule has 2 aromatic heterocycles. The summed E-state index contributed by atoms with van der Waals surface area (Å²) in [6.07, 6.45) is 2.22.